The molecule has 2 aromatic carbocycles. The molecule has 2 aromatic rings. The van der Waals surface area contributed by atoms with Crippen LogP contribution in [0.25, 0.3) is 0 Å². The van der Waals surface area contributed by atoms with E-state index in [0.717, 1.165) is 5.56 Å². The molecule has 6 heteroatoms. The Labute approximate surface area is 150 Å². The quantitative estimate of drug-likeness (QED) is 0.798. The minimum Gasteiger partial charge on any atom is -0.449 e. The first-order chi connectivity index (χ1) is 11.4. The van der Waals surface area contributed by atoms with Crippen LogP contribution in [0.3, 0.4) is 0 Å². The molecule has 0 bridgehead atoms. The molecule has 0 heterocycles. The fourth-order valence-electron chi connectivity index (χ4n) is 2.12. The smallest absolute Gasteiger partial charge is 0.341 e. The standard InChI is InChI=1S/C18H17Cl2NO3/c1-11(13-7-4-3-5-8-13)21-17(22)12(2)24-18(23)16-14(19)9-6-10-15(16)20/h3-12H,1-2H3,(H,21,22). The van der Waals surface area contributed by atoms with E-state index < -0.39 is 18.0 Å². The van der Waals surface area contributed by atoms with Crippen molar-refractivity contribution in [3.05, 3.63) is 69.7 Å². The Morgan fingerprint density at radius 2 is 1.54 bits per heavy atom. The summed E-state index contributed by atoms with van der Waals surface area (Å²) in [4.78, 5) is 24.4. The molecular weight excluding hydrogens is 349 g/mol. The Bertz CT molecular complexity index is 714. The van der Waals surface area contributed by atoms with Crippen molar-refractivity contribution in [2.75, 3.05) is 0 Å². The molecular formula is C18H17Cl2NO3. The average Bonchev–Trinajstić information content (AvgIpc) is 2.55. The van der Waals surface area contributed by atoms with Gasteiger partial charge in [0.25, 0.3) is 5.91 Å². The highest BCUT2D eigenvalue weighted by Gasteiger charge is 2.23. The van der Waals surface area contributed by atoms with Gasteiger partial charge in [-0.1, -0.05) is 59.6 Å². The summed E-state index contributed by atoms with van der Waals surface area (Å²) in [6, 6.07) is 14.0. The van der Waals surface area contributed by atoms with E-state index in [0.29, 0.717) is 0 Å². The second-order valence-corrected chi connectivity index (χ2v) is 6.10. The van der Waals surface area contributed by atoms with Crippen molar-refractivity contribution in [1.82, 2.24) is 5.32 Å². The summed E-state index contributed by atoms with van der Waals surface area (Å²) in [7, 11) is 0. The molecule has 0 aliphatic carbocycles. The molecule has 0 aromatic heterocycles. The van der Waals surface area contributed by atoms with Crippen LogP contribution < -0.4 is 5.32 Å². The van der Waals surface area contributed by atoms with E-state index >= 15 is 0 Å². The van der Waals surface area contributed by atoms with Crippen LogP contribution in [0.5, 0.6) is 0 Å². The second-order valence-electron chi connectivity index (χ2n) is 5.29. The SMILES string of the molecule is CC(OC(=O)c1c(Cl)cccc1Cl)C(=O)NC(C)c1ccccc1. The first kappa shape index (κ1) is 18.3. The van der Waals surface area contributed by atoms with Gasteiger partial charge in [-0.15, -0.1) is 0 Å². The highest BCUT2D eigenvalue weighted by molar-refractivity contribution is 6.39. The summed E-state index contributed by atoms with van der Waals surface area (Å²) in [6.07, 6.45) is -0.976. The molecule has 1 amide bonds. The van der Waals surface area contributed by atoms with E-state index in [4.69, 9.17) is 27.9 Å². The molecule has 2 rings (SSSR count). The monoisotopic (exact) mass is 365 g/mol. The third kappa shape index (κ3) is 4.49. The maximum atomic E-state index is 12.2. The van der Waals surface area contributed by atoms with Crippen LogP contribution in [-0.2, 0) is 9.53 Å². The largest absolute Gasteiger partial charge is 0.449 e. The summed E-state index contributed by atoms with van der Waals surface area (Å²) in [5.74, 6) is -1.14. The van der Waals surface area contributed by atoms with Gasteiger partial charge >= 0.3 is 5.97 Å². The average molecular weight is 366 g/mol. The molecule has 0 spiro atoms. The van der Waals surface area contributed by atoms with Gasteiger partial charge < -0.3 is 10.1 Å². The van der Waals surface area contributed by atoms with Gasteiger partial charge in [0.1, 0.15) is 0 Å². The van der Waals surface area contributed by atoms with Gasteiger partial charge in [0.15, 0.2) is 6.10 Å². The molecule has 0 aliphatic rings. The Kier molecular flexibility index (Phi) is 6.23. The Balaban J connectivity index is 2.00. The lowest BCUT2D eigenvalue weighted by atomic mass is 10.1. The number of nitrogens with one attached hydrogen (secondary N) is 1. The predicted molar refractivity (Wildman–Crippen MR) is 94.3 cm³/mol. The fraction of sp³-hybridized carbons (Fsp3) is 0.222. The highest BCUT2D eigenvalue weighted by atomic mass is 35.5. The molecule has 24 heavy (non-hydrogen) atoms. The number of amides is 1. The number of halogens is 2. The van der Waals surface area contributed by atoms with Gasteiger partial charge in [-0.25, -0.2) is 4.79 Å². The van der Waals surface area contributed by atoms with Crippen molar-refractivity contribution in [2.24, 2.45) is 0 Å². The van der Waals surface area contributed by atoms with Crippen LogP contribution in [0.15, 0.2) is 48.5 Å². The van der Waals surface area contributed by atoms with Crippen molar-refractivity contribution < 1.29 is 14.3 Å². The third-order valence-corrected chi connectivity index (χ3v) is 4.11. The lowest BCUT2D eigenvalue weighted by Gasteiger charge is -2.18. The molecule has 0 aliphatic heterocycles. The highest BCUT2D eigenvalue weighted by Crippen LogP contribution is 2.25. The number of hydrogen-bond donors (Lipinski definition) is 1. The molecule has 0 radical (unpaired) electrons. The minimum atomic E-state index is -0.976. The van der Waals surface area contributed by atoms with Crippen molar-refractivity contribution in [3.8, 4) is 0 Å². The maximum Gasteiger partial charge on any atom is 0.341 e. The van der Waals surface area contributed by atoms with Gasteiger partial charge in [-0.2, -0.15) is 0 Å². The van der Waals surface area contributed by atoms with Crippen LogP contribution in [0.2, 0.25) is 10.0 Å². The molecule has 0 saturated heterocycles. The minimum absolute atomic E-state index is 0.0524. The van der Waals surface area contributed by atoms with Crippen LogP contribution in [0.4, 0.5) is 0 Å². The lowest BCUT2D eigenvalue weighted by molar-refractivity contribution is -0.129. The third-order valence-electron chi connectivity index (χ3n) is 3.48. The van der Waals surface area contributed by atoms with E-state index in [-0.39, 0.29) is 21.7 Å². The molecule has 0 saturated carbocycles. The zero-order chi connectivity index (χ0) is 17.7. The summed E-state index contributed by atoms with van der Waals surface area (Å²) >= 11 is 11.9. The number of benzene rings is 2. The van der Waals surface area contributed by atoms with Crippen molar-refractivity contribution in [3.63, 3.8) is 0 Å². The van der Waals surface area contributed by atoms with E-state index in [1.54, 1.807) is 6.07 Å². The van der Waals surface area contributed by atoms with Gasteiger partial charge in [-0.3, -0.25) is 4.79 Å². The molecule has 0 fully saturated rings. The summed E-state index contributed by atoms with van der Waals surface area (Å²) < 4.78 is 5.18. The zero-order valence-corrected chi connectivity index (χ0v) is 14.8. The molecule has 4 nitrogen and oxygen atoms in total. The number of carbonyl (C=O) groups is 2. The topological polar surface area (TPSA) is 55.4 Å². The number of carbonyl (C=O) groups excluding carboxylic acids is 2. The normalized spacial score (nSPS) is 13.0. The number of rotatable bonds is 5. The van der Waals surface area contributed by atoms with Crippen LogP contribution in [0.1, 0.15) is 35.8 Å². The molecule has 1 N–H and O–H groups in total. The molecule has 126 valence electrons. The van der Waals surface area contributed by atoms with Gasteiger partial charge in [0.05, 0.1) is 21.7 Å². The number of hydrogen-bond acceptors (Lipinski definition) is 3. The van der Waals surface area contributed by atoms with Gasteiger partial charge in [0, 0.05) is 0 Å². The molecule has 2 atom stereocenters. The Hall–Kier alpha value is -2.04. The van der Waals surface area contributed by atoms with Crippen LogP contribution in [-0.4, -0.2) is 18.0 Å². The van der Waals surface area contributed by atoms with E-state index in [9.17, 15) is 9.59 Å². The van der Waals surface area contributed by atoms with Crippen molar-refractivity contribution in [2.45, 2.75) is 26.0 Å². The zero-order valence-electron chi connectivity index (χ0n) is 13.3. The summed E-state index contributed by atoms with van der Waals surface area (Å²) in [5, 5.41) is 3.16. The van der Waals surface area contributed by atoms with Crippen LogP contribution in [0, 0.1) is 0 Å². The van der Waals surface area contributed by atoms with Crippen LogP contribution >= 0.6 is 23.2 Å². The van der Waals surface area contributed by atoms with Gasteiger partial charge in [-0.05, 0) is 31.5 Å². The Morgan fingerprint density at radius 1 is 0.958 bits per heavy atom. The van der Waals surface area contributed by atoms with E-state index in [2.05, 4.69) is 5.32 Å². The Morgan fingerprint density at radius 3 is 2.12 bits per heavy atom. The first-order valence-electron chi connectivity index (χ1n) is 7.40. The summed E-state index contributed by atoms with van der Waals surface area (Å²) in [6.45, 7) is 3.35. The number of ether oxygens (including phenoxy) is 1. The van der Waals surface area contributed by atoms with Crippen molar-refractivity contribution in [1.29, 1.82) is 0 Å². The van der Waals surface area contributed by atoms with E-state index in [1.807, 2.05) is 37.3 Å². The van der Waals surface area contributed by atoms with Gasteiger partial charge in [0.2, 0.25) is 0 Å². The van der Waals surface area contributed by atoms with Crippen molar-refractivity contribution >= 4 is 35.1 Å². The number of esters is 1. The van der Waals surface area contributed by atoms with E-state index in [1.165, 1.54) is 19.1 Å². The predicted octanol–water partition coefficient (Wildman–Crippen LogP) is 4.42. The first-order valence-corrected chi connectivity index (χ1v) is 8.16. The summed E-state index contributed by atoms with van der Waals surface area (Å²) in [5.41, 5.74) is 1.01. The second kappa shape index (κ2) is 8.18. The maximum absolute atomic E-state index is 12.2. The lowest BCUT2D eigenvalue weighted by Crippen LogP contribution is -2.37. The molecule has 2 unspecified atom stereocenters. The fourth-order valence-corrected chi connectivity index (χ4v) is 2.67.